The van der Waals surface area contributed by atoms with Crippen LogP contribution in [0.5, 0.6) is 0 Å². The molecule has 0 spiro atoms. The molecule has 0 aromatic heterocycles. The van der Waals surface area contributed by atoms with E-state index >= 15 is 0 Å². The van der Waals surface area contributed by atoms with Crippen LogP contribution in [0.2, 0.25) is 0 Å². The number of amides is 2. The van der Waals surface area contributed by atoms with Crippen LogP contribution in [0.1, 0.15) is 50.5 Å². The van der Waals surface area contributed by atoms with Crippen molar-refractivity contribution in [3.05, 3.63) is 59.7 Å². The molecule has 0 aliphatic carbocycles. The summed E-state index contributed by atoms with van der Waals surface area (Å²) < 4.78 is 0. The number of carbonyl (C=O) groups excluding carboxylic acids is 3. The van der Waals surface area contributed by atoms with Crippen LogP contribution in [-0.4, -0.2) is 24.1 Å². The highest BCUT2D eigenvalue weighted by atomic mass is 16.2. The third-order valence-electron chi connectivity index (χ3n) is 4.28. The van der Waals surface area contributed by atoms with Crippen molar-refractivity contribution in [2.24, 2.45) is 0 Å². The average Bonchev–Trinajstić information content (AvgIpc) is 2.59. The molecule has 0 radical (unpaired) electrons. The Bertz CT molecular complexity index is 849. The first-order valence-corrected chi connectivity index (χ1v) is 8.87. The summed E-state index contributed by atoms with van der Waals surface area (Å²) in [7, 11) is 0. The molecule has 0 aliphatic heterocycles. The summed E-state index contributed by atoms with van der Waals surface area (Å²) in [6.07, 6.45) is 0. The van der Waals surface area contributed by atoms with E-state index in [9.17, 15) is 14.4 Å². The van der Waals surface area contributed by atoms with Crippen molar-refractivity contribution in [2.45, 2.75) is 40.0 Å². The van der Waals surface area contributed by atoms with E-state index in [1.54, 1.807) is 24.3 Å². The maximum absolute atomic E-state index is 12.4. The van der Waals surface area contributed by atoms with E-state index in [2.05, 4.69) is 26.1 Å². The number of nitrogens with one attached hydrogen (secondary N) is 1. The number of ketones is 1. The fourth-order valence-electron chi connectivity index (χ4n) is 2.69. The van der Waals surface area contributed by atoms with Gasteiger partial charge in [-0.05, 0) is 42.2 Å². The zero-order valence-electron chi connectivity index (χ0n) is 16.5. The number of carbonyl (C=O) groups is 3. The van der Waals surface area contributed by atoms with Gasteiger partial charge < -0.3 is 10.2 Å². The number of hydrogen-bond donors (Lipinski definition) is 1. The average molecular weight is 366 g/mol. The van der Waals surface area contributed by atoms with Gasteiger partial charge >= 0.3 is 0 Å². The van der Waals surface area contributed by atoms with Gasteiger partial charge in [-0.25, -0.2) is 0 Å². The number of nitrogens with zero attached hydrogens (tertiary/aromatic N) is 1. The summed E-state index contributed by atoms with van der Waals surface area (Å²) in [6, 6.07) is 14.4. The van der Waals surface area contributed by atoms with E-state index in [1.165, 1.54) is 18.7 Å². The van der Waals surface area contributed by atoms with Gasteiger partial charge in [0.15, 0.2) is 5.78 Å². The molecule has 0 bridgehead atoms. The highest BCUT2D eigenvalue weighted by Crippen LogP contribution is 2.25. The molecular weight excluding hydrogens is 340 g/mol. The van der Waals surface area contributed by atoms with Crippen LogP contribution in [0, 0.1) is 0 Å². The van der Waals surface area contributed by atoms with E-state index in [4.69, 9.17) is 0 Å². The molecule has 0 saturated carbocycles. The van der Waals surface area contributed by atoms with Gasteiger partial charge in [-0.1, -0.05) is 45.0 Å². The second-order valence-corrected chi connectivity index (χ2v) is 7.59. The van der Waals surface area contributed by atoms with Gasteiger partial charge in [-0.2, -0.15) is 0 Å². The quantitative estimate of drug-likeness (QED) is 0.807. The SMILES string of the molecule is CC(=O)c1cccc(NC(=O)CN(C(C)=O)c2ccc(C(C)(C)C)cc2)c1. The minimum absolute atomic E-state index is 0.0126. The molecule has 2 rings (SSSR count). The van der Waals surface area contributed by atoms with Gasteiger partial charge in [0, 0.05) is 23.9 Å². The maximum Gasteiger partial charge on any atom is 0.244 e. The standard InChI is InChI=1S/C22H26N2O3/c1-15(25)17-7-6-8-19(13-17)23-21(27)14-24(16(2)26)20-11-9-18(10-12-20)22(3,4)5/h6-13H,14H2,1-5H3,(H,23,27). The van der Waals surface area contributed by atoms with Crippen molar-refractivity contribution >= 4 is 29.0 Å². The molecule has 2 amide bonds. The van der Waals surface area contributed by atoms with Crippen molar-refractivity contribution in [3.8, 4) is 0 Å². The van der Waals surface area contributed by atoms with E-state index in [1.807, 2.05) is 24.3 Å². The van der Waals surface area contributed by atoms with Crippen LogP contribution >= 0.6 is 0 Å². The summed E-state index contributed by atoms with van der Waals surface area (Å²) in [5.74, 6) is -0.618. The van der Waals surface area contributed by atoms with Crippen molar-refractivity contribution in [1.82, 2.24) is 0 Å². The Balaban J connectivity index is 2.14. The number of hydrogen-bond acceptors (Lipinski definition) is 3. The largest absolute Gasteiger partial charge is 0.325 e. The fraction of sp³-hybridized carbons (Fsp3) is 0.318. The minimum atomic E-state index is -0.328. The summed E-state index contributed by atoms with van der Waals surface area (Å²) in [5, 5.41) is 2.74. The van der Waals surface area contributed by atoms with E-state index < -0.39 is 0 Å². The molecule has 142 valence electrons. The molecule has 0 saturated heterocycles. The Morgan fingerprint density at radius 1 is 0.963 bits per heavy atom. The molecule has 0 atom stereocenters. The Kier molecular flexibility index (Phi) is 6.16. The lowest BCUT2D eigenvalue weighted by Crippen LogP contribution is -2.36. The van der Waals surface area contributed by atoms with Gasteiger partial charge in [0.1, 0.15) is 6.54 Å². The summed E-state index contributed by atoms with van der Waals surface area (Å²) >= 11 is 0. The van der Waals surface area contributed by atoms with Crippen molar-refractivity contribution < 1.29 is 14.4 Å². The third kappa shape index (κ3) is 5.51. The Morgan fingerprint density at radius 2 is 1.59 bits per heavy atom. The molecular formula is C22H26N2O3. The van der Waals surface area contributed by atoms with Gasteiger partial charge in [0.2, 0.25) is 11.8 Å². The number of Topliss-reactive ketones (excluding diaryl/α,β-unsaturated/α-hetero) is 1. The van der Waals surface area contributed by atoms with Gasteiger partial charge in [0.25, 0.3) is 0 Å². The van der Waals surface area contributed by atoms with Crippen molar-refractivity contribution in [1.29, 1.82) is 0 Å². The molecule has 2 aromatic carbocycles. The van der Waals surface area contributed by atoms with E-state index in [0.717, 1.165) is 5.56 Å². The fourth-order valence-corrected chi connectivity index (χ4v) is 2.69. The predicted octanol–water partition coefficient (Wildman–Crippen LogP) is 4.18. The summed E-state index contributed by atoms with van der Waals surface area (Å²) in [4.78, 5) is 37.4. The second kappa shape index (κ2) is 8.16. The van der Waals surface area contributed by atoms with Gasteiger partial charge in [-0.15, -0.1) is 0 Å². The zero-order chi connectivity index (χ0) is 20.2. The Labute approximate surface area is 160 Å². The smallest absolute Gasteiger partial charge is 0.244 e. The normalized spacial score (nSPS) is 11.0. The number of rotatable bonds is 5. The van der Waals surface area contributed by atoms with Crippen LogP contribution in [-0.2, 0) is 15.0 Å². The second-order valence-electron chi connectivity index (χ2n) is 7.59. The van der Waals surface area contributed by atoms with Crippen LogP contribution in [0.25, 0.3) is 0 Å². The third-order valence-corrected chi connectivity index (χ3v) is 4.28. The molecule has 0 unspecified atom stereocenters. The van der Waals surface area contributed by atoms with E-state index in [0.29, 0.717) is 16.9 Å². The lowest BCUT2D eigenvalue weighted by atomic mass is 9.87. The lowest BCUT2D eigenvalue weighted by Gasteiger charge is -2.23. The molecule has 27 heavy (non-hydrogen) atoms. The number of anilines is 2. The maximum atomic E-state index is 12.4. The first kappa shape index (κ1) is 20.4. The molecule has 2 aromatic rings. The topological polar surface area (TPSA) is 66.5 Å². The molecule has 1 N–H and O–H groups in total. The van der Waals surface area contributed by atoms with E-state index in [-0.39, 0.29) is 29.6 Å². The molecule has 0 heterocycles. The predicted molar refractivity (Wildman–Crippen MR) is 108 cm³/mol. The number of benzene rings is 2. The summed E-state index contributed by atoms with van der Waals surface area (Å²) in [6.45, 7) is 9.16. The van der Waals surface area contributed by atoms with Crippen LogP contribution in [0.4, 0.5) is 11.4 Å². The van der Waals surface area contributed by atoms with Crippen LogP contribution < -0.4 is 10.2 Å². The zero-order valence-corrected chi connectivity index (χ0v) is 16.5. The Hall–Kier alpha value is -2.95. The highest BCUT2D eigenvalue weighted by molar-refractivity contribution is 6.02. The molecule has 0 fully saturated rings. The monoisotopic (exact) mass is 366 g/mol. The molecule has 5 nitrogen and oxygen atoms in total. The summed E-state index contributed by atoms with van der Waals surface area (Å²) in [5.41, 5.74) is 2.88. The van der Waals surface area contributed by atoms with Crippen molar-refractivity contribution in [3.63, 3.8) is 0 Å². The minimum Gasteiger partial charge on any atom is -0.325 e. The van der Waals surface area contributed by atoms with Crippen LogP contribution in [0.3, 0.4) is 0 Å². The lowest BCUT2D eigenvalue weighted by molar-refractivity contribution is -0.120. The first-order valence-electron chi connectivity index (χ1n) is 8.87. The Morgan fingerprint density at radius 3 is 2.11 bits per heavy atom. The first-order chi connectivity index (χ1) is 12.6. The van der Waals surface area contributed by atoms with Gasteiger partial charge in [-0.3, -0.25) is 14.4 Å². The molecule has 5 heteroatoms. The van der Waals surface area contributed by atoms with Gasteiger partial charge in [0.05, 0.1) is 0 Å². The van der Waals surface area contributed by atoms with Crippen molar-refractivity contribution in [2.75, 3.05) is 16.8 Å². The highest BCUT2D eigenvalue weighted by Gasteiger charge is 2.18. The van der Waals surface area contributed by atoms with Crippen LogP contribution in [0.15, 0.2) is 48.5 Å². The molecule has 0 aliphatic rings.